The van der Waals surface area contributed by atoms with Crippen molar-refractivity contribution in [2.75, 3.05) is 5.73 Å². The summed E-state index contributed by atoms with van der Waals surface area (Å²) < 4.78 is 16.5. The Balaban J connectivity index is 1.77. The second kappa shape index (κ2) is 7.34. The Hall–Kier alpha value is -2.87. The van der Waals surface area contributed by atoms with Gasteiger partial charge in [-0.15, -0.1) is 0 Å². The fourth-order valence-corrected chi connectivity index (χ4v) is 4.31. The normalized spacial score (nSPS) is 17.2. The lowest BCUT2D eigenvalue weighted by atomic mass is 9.78. The van der Waals surface area contributed by atoms with E-state index in [0.717, 1.165) is 38.4 Å². The van der Waals surface area contributed by atoms with Gasteiger partial charge in [-0.25, -0.2) is 4.98 Å². The largest absolute Gasteiger partial charge is 0.494 e. The van der Waals surface area contributed by atoms with Crippen LogP contribution in [-0.4, -0.2) is 23.3 Å². The summed E-state index contributed by atoms with van der Waals surface area (Å²) in [4.78, 5) is 5.05. The molecule has 5 rings (SSSR count). The Bertz CT molecular complexity index is 1360. The number of fused-ring (bicyclic) bond motifs is 3. The van der Waals surface area contributed by atoms with Crippen LogP contribution in [0, 0.1) is 0 Å². The highest BCUT2D eigenvalue weighted by Crippen LogP contribution is 2.40. The molecule has 7 heteroatoms. The molecule has 1 aliphatic rings. The molecule has 0 radical (unpaired) electrons. The molecule has 0 saturated carbocycles. The molecule has 4 aromatic rings. The Morgan fingerprint density at radius 2 is 1.56 bits per heavy atom. The average Bonchev–Trinajstić information content (AvgIpc) is 3.00. The van der Waals surface area contributed by atoms with Crippen LogP contribution in [0.2, 0.25) is 0 Å². The van der Waals surface area contributed by atoms with E-state index in [1.807, 2.05) is 88.4 Å². The van der Waals surface area contributed by atoms with Gasteiger partial charge in [0.05, 0.1) is 28.1 Å². The predicted octanol–water partition coefficient (Wildman–Crippen LogP) is 5.30. The van der Waals surface area contributed by atoms with Crippen LogP contribution in [0.15, 0.2) is 65.0 Å². The van der Waals surface area contributed by atoms with Gasteiger partial charge in [-0.05, 0) is 51.4 Å². The number of hydrogen-bond acceptors (Lipinski definition) is 6. The first kappa shape index (κ1) is 21.0. The van der Waals surface area contributed by atoms with Gasteiger partial charge in [-0.3, -0.25) is 0 Å². The van der Waals surface area contributed by atoms with E-state index in [-0.39, 0.29) is 0 Å². The summed E-state index contributed by atoms with van der Waals surface area (Å²) in [5.41, 5.74) is 10.5. The van der Waals surface area contributed by atoms with Gasteiger partial charge in [-0.1, -0.05) is 42.5 Å². The van der Waals surface area contributed by atoms with Gasteiger partial charge in [0.1, 0.15) is 5.69 Å². The Morgan fingerprint density at radius 1 is 0.906 bits per heavy atom. The number of anilines is 1. The van der Waals surface area contributed by atoms with Gasteiger partial charge in [0.2, 0.25) is 0 Å². The standard InChI is InChI=1S/C25H24BN3O2S/c1-24(2)25(3,4)31-26(30-24)16-10-11-17-20(14-16)28-23(15-8-6-5-7-9-15)18-12-13-19(29-32)22(27)21(17)18/h5-14H,27H2,1-4H3. The van der Waals surface area contributed by atoms with Crippen LogP contribution in [0.1, 0.15) is 27.7 Å². The fraction of sp³-hybridized carbons (Fsp3) is 0.240. The van der Waals surface area contributed by atoms with E-state index < -0.39 is 18.3 Å². The summed E-state index contributed by atoms with van der Waals surface area (Å²) in [6.07, 6.45) is 0. The number of hydrogen-bond donors (Lipinski definition) is 1. The molecule has 1 saturated heterocycles. The highest BCUT2D eigenvalue weighted by Gasteiger charge is 2.51. The number of benzene rings is 3. The predicted molar refractivity (Wildman–Crippen MR) is 134 cm³/mol. The second-order valence-electron chi connectivity index (χ2n) is 9.20. The molecule has 0 atom stereocenters. The summed E-state index contributed by atoms with van der Waals surface area (Å²) in [5, 5.41) is 2.81. The molecule has 0 unspecified atom stereocenters. The number of rotatable bonds is 3. The van der Waals surface area contributed by atoms with Gasteiger partial charge >= 0.3 is 7.12 Å². The zero-order valence-electron chi connectivity index (χ0n) is 18.5. The molecule has 0 aliphatic carbocycles. The van der Waals surface area contributed by atoms with E-state index in [9.17, 15) is 0 Å². The molecular formula is C25H24BN3O2S. The number of nitrogens with two attached hydrogens (primary N) is 1. The Kier molecular flexibility index (Phi) is 4.82. The second-order valence-corrected chi connectivity index (χ2v) is 9.39. The minimum atomic E-state index is -0.464. The minimum Gasteiger partial charge on any atom is -0.399 e. The number of nitrogen functional groups attached to an aromatic ring is 1. The highest BCUT2D eigenvalue weighted by molar-refractivity contribution is 7.47. The quantitative estimate of drug-likeness (QED) is 0.266. The molecule has 3 aromatic carbocycles. The summed E-state index contributed by atoms with van der Waals surface area (Å²) in [5.74, 6) is 0. The summed E-state index contributed by atoms with van der Waals surface area (Å²) in [7, 11) is -0.464. The third kappa shape index (κ3) is 3.20. The zero-order chi connectivity index (χ0) is 22.7. The van der Waals surface area contributed by atoms with Crippen LogP contribution in [0.25, 0.3) is 32.9 Å². The number of pyridine rings is 1. The lowest BCUT2D eigenvalue weighted by Crippen LogP contribution is -2.41. The number of aromatic nitrogens is 1. The first-order chi connectivity index (χ1) is 15.2. The lowest BCUT2D eigenvalue weighted by Gasteiger charge is -2.32. The molecule has 0 amide bonds. The van der Waals surface area contributed by atoms with E-state index in [0.29, 0.717) is 11.4 Å². The molecule has 0 spiro atoms. The van der Waals surface area contributed by atoms with Crippen LogP contribution in [0.5, 0.6) is 0 Å². The van der Waals surface area contributed by atoms with Crippen molar-refractivity contribution >= 4 is 58.1 Å². The summed E-state index contributed by atoms with van der Waals surface area (Å²) in [6.45, 7) is 8.20. The fourth-order valence-electron chi connectivity index (χ4n) is 4.15. The molecule has 1 aromatic heterocycles. The summed E-state index contributed by atoms with van der Waals surface area (Å²) in [6, 6.07) is 20.0. The van der Waals surface area contributed by atoms with Crippen molar-refractivity contribution in [3.05, 3.63) is 60.7 Å². The van der Waals surface area contributed by atoms with Crippen molar-refractivity contribution in [2.45, 2.75) is 38.9 Å². The third-order valence-electron chi connectivity index (χ3n) is 6.67. The van der Waals surface area contributed by atoms with Gasteiger partial charge in [0.25, 0.3) is 0 Å². The molecule has 2 heterocycles. The number of nitrogens with zero attached hydrogens (tertiary/aromatic N) is 2. The molecule has 2 N–H and O–H groups in total. The molecule has 160 valence electrons. The van der Waals surface area contributed by atoms with E-state index in [2.05, 4.69) is 4.36 Å². The topological polar surface area (TPSA) is 69.7 Å². The molecular weight excluding hydrogens is 417 g/mol. The van der Waals surface area contributed by atoms with Gasteiger partial charge in [0.15, 0.2) is 0 Å². The van der Waals surface area contributed by atoms with Crippen LogP contribution in [0.4, 0.5) is 11.4 Å². The zero-order valence-corrected chi connectivity index (χ0v) is 19.4. The van der Waals surface area contributed by atoms with Crippen molar-refractivity contribution in [1.29, 1.82) is 0 Å². The van der Waals surface area contributed by atoms with Crippen LogP contribution < -0.4 is 11.2 Å². The van der Waals surface area contributed by atoms with E-state index >= 15 is 0 Å². The van der Waals surface area contributed by atoms with E-state index in [4.69, 9.17) is 32.5 Å². The van der Waals surface area contributed by atoms with Crippen molar-refractivity contribution in [1.82, 2.24) is 4.98 Å². The monoisotopic (exact) mass is 441 g/mol. The molecule has 1 fully saturated rings. The van der Waals surface area contributed by atoms with E-state index in [1.165, 1.54) is 0 Å². The lowest BCUT2D eigenvalue weighted by molar-refractivity contribution is 0.00578. The van der Waals surface area contributed by atoms with Gasteiger partial charge in [-0.2, -0.15) is 4.36 Å². The maximum Gasteiger partial charge on any atom is 0.494 e. The van der Waals surface area contributed by atoms with Gasteiger partial charge < -0.3 is 15.0 Å². The average molecular weight is 441 g/mol. The van der Waals surface area contributed by atoms with Crippen molar-refractivity contribution in [3.8, 4) is 11.3 Å². The molecule has 32 heavy (non-hydrogen) atoms. The van der Waals surface area contributed by atoms with Crippen LogP contribution in [0.3, 0.4) is 0 Å². The maximum atomic E-state index is 6.54. The minimum absolute atomic E-state index is 0.414. The highest BCUT2D eigenvalue weighted by atomic mass is 32.1. The third-order valence-corrected chi connectivity index (χ3v) is 6.87. The van der Waals surface area contributed by atoms with Gasteiger partial charge in [0, 0.05) is 34.1 Å². The molecule has 0 bridgehead atoms. The Labute approximate surface area is 193 Å². The van der Waals surface area contributed by atoms with Crippen LogP contribution >= 0.6 is 0 Å². The molecule has 1 aliphatic heterocycles. The first-order valence-electron chi connectivity index (χ1n) is 10.6. The first-order valence-corrected chi connectivity index (χ1v) is 11.0. The summed E-state index contributed by atoms with van der Waals surface area (Å²) >= 11 is 4.95. The maximum absolute atomic E-state index is 6.54. The smallest absolute Gasteiger partial charge is 0.399 e. The van der Waals surface area contributed by atoms with E-state index in [1.54, 1.807) is 0 Å². The van der Waals surface area contributed by atoms with Crippen molar-refractivity contribution in [3.63, 3.8) is 0 Å². The SMILES string of the molecule is CC1(C)OB(c2ccc3c(c2)nc(-c2ccccc2)c2ccc(N=S)c(N)c23)OC1(C)C. The van der Waals surface area contributed by atoms with Crippen LogP contribution in [-0.2, 0) is 21.7 Å². The van der Waals surface area contributed by atoms with Crippen molar-refractivity contribution < 1.29 is 9.31 Å². The Morgan fingerprint density at radius 3 is 2.22 bits per heavy atom. The molecule has 5 nitrogen and oxygen atoms in total. The van der Waals surface area contributed by atoms with Crippen molar-refractivity contribution in [2.24, 2.45) is 4.36 Å².